The molecule has 1 saturated carbocycles. The molecule has 156 valence electrons. The Morgan fingerprint density at radius 1 is 1.03 bits per heavy atom. The van der Waals surface area contributed by atoms with Crippen molar-refractivity contribution >= 4 is 28.4 Å². The van der Waals surface area contributed by atoms with Gasteiger partial charge in [-0.05, 0) is 30.5 Å². The minimum atomic E-state index is -0.234. The first-order valence-corrected chi connectivity index (χ1v) is 10.5. The Balaban J connectivity index is 1.36. The largest absolute Gasteiger partial charge is 0.348 e. The van der Waals surface area contributed by atoms with Crippen molar-refractivity contribution in [1.82, 2.24) is 20.8 Å². The van der Waals surface area contributed by atoms with E-state index in [2.05, 4.69) is 26.1 Å². The summed E-state index contributed by atoms with van der Waals surface area (Å²) < 4.78 is 0. The highest BCUT2D eigenvalue weighted by atomic mass is 16.2. The summed E-state index contributed by atoms with van der Waals surface area (Å²) in [7, 11) is 0. The summed E-state index contributed by atoms with van der Waals surface area (Å²) >= 11 is 0. The van der Waals surface area contributed by atoms with Gasteiger partial charge in [-0.3, -0.25) is 14.7 Å². The van der Waals surface area contributed by atoms with Crippen LogP contribution >= 0.6 is 0 Å². The van der Waals surface area contributed by atoms with Gasteiger partial charge in [0.2, 0.25) is 5.91 Å². The molecule has 1 aliphatic rings. The Bertz CT molecular complexity index is 1020. The monoisotopic (exact) mass is 405 g/mol. The summed E-state index contributed by atoms with van der Waals surface area (Å²) in [5.74, 6) is -0.370. The first-order valence-electron chi connectivity index (χ1n) is 10.5. The third-order valence-electron chi connectivity index (χ3n) is 5.60. The fourth-order valence-electron chi connectivity index (χ4n) is 3.98. The first kappa shape index (κ1) is 20.1. The first-order chi connectivity index (χ1) is 14.7. The Hall–Kier alpha value is -3.19. The molecule has 1 aliphatic carbocycles. The number of nitrogens with one attached hydrogen (secondary N) is 4. The van der Waals surface area contributed by atoms with Crippen molar-refractivity contribution in [3.05, 3.63) is 59.8 Å². The van der Waals surface area contributed by atoms with E-state index in [0.717, 1.165) is 29.3 Å². The lowest BCUT2D eigenvalue weighted by molar-refractivity contribution is -0.115. The zero-order chi connectivity index (χ0) is 20.8. The van der Waals surface area contributed by atoms with Crippen LogP contribution in [0, 0.1) is 0 Å². The minimum Gasteiger partial charge on any atom is -0.348 e. The molecule has 4 rings (SSSR count). The maximum absolute atomic E-state index is 12.8. The highest BCUT2D eigenvalue weighted by molar-refractivity contribution is 6.04. The van der Waals surface area contributed by atoms with Crippen LogP contribution < -0.4 is 16.0 Å². The van der Waals surface area contributed by atoms with Crippen LogP contribution in [0.2, 0.25) is 0 Å². The molecule has 30 heavy (non-hydrogen) atoms. The van der Waals surface area contributed by atoms with Gasteiger partial charge in [-0.15, -0.1) is 0 Å². The number of hydrogen-bond acceptors (Lipinski definition) is 4. The normalized spacial score (nSPS) is 14.5. The molecule has 0 bridgehead atoms. The van der Waals surface area contributed by atoms with Gasteiger partial charge in [-0.1, -0.05) is 49.6 Å². The van der Waals surface area contributed by atoms with E-state index in [0.29, 0.717) is 23.8 Å². The van der Waals surface area contributed by atoms with Gasteiger partial charge in [0.1, 0.15) is 0 Å². The molecule has 0 radical (unpaired) electrons. The number of carbonyl (C=O) groups excluding carboxylic acids is 2. The second-order valence-corrected chi connectivity index (χ2v) is 7.74. The van der Waals surface area contributed by atoms with Gasteiger partial charge in [-0.25, -0.2) is 0 Å². The van der Waals surface area contributed by atoms with Gasteiger partial charge in [0.05, 0.1) is 29.5 Å². The van der Waals surface area contributed by atoms with E-state index in [1.54, 1.807) is 24.4 Å². The fraction of sp³-hybridized carbons (Fsp3) is 0.348. The van der Waals surface area contributed by atoms with Crippen molar-refractivity contribution in [2.75, 3.05) is 11.9 Å². The highest BCUT2D eigenvalue weighted by Crippen LogP contribution is 2.19. The number of benzene rings is 2. The number of aromatic nitrogens is 2. The van der Waals surface area contributed by atoms with Crippen molar-refractivity contribution in [1.29, 1.82) is 0 Å². The lowest BCUT2D eigenvalue weighted by Gasteiger charge is -2.22. The number of carbonyl (C=O) groups is 2. The number of nitrogens with zero attached hydrogens (tertiary/aromatic N) is 1. The van der Waals surface area contributed by atoms with Crippen LogP contribution in [0.15, 0.2) is 48.7 Å². The lowest BCUT2D eigenvalue weighted by atomic mass is 9.95. The van der Waals surface area contributed by atoms with Crippen LogP contribution in [0.25, 0.3) is 10.9 Å². The molecule has 0 atom stereocenters. The van der Waals surface area contributed by atoms with Crippen molar-refractivity contribution in [2.24, 2.45) is 0 Å². The van der Waals surface area contributed by atoms with Gasteiger partial charge >= 0.3 is 0 Å². The van der Waals surface area contributed by atoms with E-state index < -0.39 is 0 Å². The van der Waals surface area contributed by atoms with Gasteiger partial charge in [0.25, 0.3) is 5.91 Å². The van der Waals surface area contributed by atoms with Crippen molar-refractivity contribution in [3.63, 3.8) is 0 Å². The van der Waals surface area contributed by atoms with Crippen LogP contribution in [-0.2, 0) is 11.3 Å². The maximum Gasteiger partial charge on any atom is 0.253 e. The van der Waals surface area contributed by atoms with E-state index in [-0.39, 0.29) is 18.4 Å². The molecule has 4 N–H and O–H groups in total. The van der Waals surface area contributed by atoms with Gasteiger partial charge in [-0.2, -0.15) is 5.10 Å². The average Bonchev–Trinajstić information content (AvgIpc) is 3.27. The summed E-state index contributed by atoms with van der Waals surface area (Å²) in [5.41, 5.74) is 2.83. The molecule has 3 aromatic rings. The van der Waals surface area contributed by atoms with E-state index in [1.165, 1.54) is 19.3 Å². The molecule has 1 aromatic heterocycles. The van der Waals surface area contributed by atoms with E-state index in [4.69, 9.17) is 0 Å². The number of hydrogen-bond donors (Lipinski definition) is 4. The quantitative estimate of drug-likeness (QED) is 0.484. The summed E-state index contributed by atoms with van der Waals surface area (Å²) in [6, 6.07) is 13.3. The third-order valence-corrected chi connectivity index (χ3v) is 5.60. The Labute approximate surface area is 175 Å². The van der Waals surface area contributed by atoms with E-state index in [1.807, 2.05) is 24.3 Å². The molecular formula is C23H27N5O2. The third kappa shape index (κ3) is 4.86. The zero-order valence-corrected chi connectivity index (χ0v) is 16.9. The molecule has 1 heterocycles. The Kier molecular flexibility index (Phi) is 6.39. The standard InChI is InChI=1S/C23H27N5O2/c29-21(15-24-18-9-2-1-3-10-18)27-20-12-5-4-11-19(20)23(30)25-13-16-7-6-8-17-14-26-28-22(16)17/h4-8,11-12,14,18,24H,1-3,9-10,13,15H2,(H,25,30)(H,26,28)(H,27,29). The van der Waals surface area contributed by atoms with Crippen LogP contribution in [0.4, 0.5) is 5.69 Å². The molecule has 0 spiro atoms. The molecule has 0 unspecified atom stereocenters. The second-order valence-electron chi connectivity index (χ2n) is 7.74. The van der Waals surface area contributed by atoms with Crippen molar-refractivity contribution in [2.45, 2.75) is 44.7 Å². The predicted molar refractivity (Wildman–Crippen MR) is 117 cm³/mol. The van der Waals surface area contributed by atoms with Crippen LogP contribution in [0.3, 0.4) is 0 Å². The predicted octanol–water partition coefficient (Wildman–Crippen LogP) is 3.35. The molecular weight excluding hydrogens is 378 g/mol. The van der Waals surface area contributed by atoms with Gasteiger partial charge in [0.15, 0.2) is 0 Å². The fourth-order valence-corrected chi connectivity index (χ4v) is 3.98. The highest BCUT2D eigenvalue weighted by Gasteiger charge is 2.16. The number of aromatic amines is 1. The second kappa shape index (κ2) is 9.54. The number of amides is 2. The van der Waals surface area contributed by atoms with Crippen LogP contribution in [0.1, 0.15) is 48.0 Å². The number of para-hydroxylation sites is 2. The summed E-state index contributed by atoms with van der Waals surface area (Å²) in [6.07, 6.45) is 7.71. The number of H-pyrrole nitrogens is 1. The van der Waals surface area contributed by atoms with Crippen molar-refractivity contribution in [3.8, 4) is 0 Å². The number of rotatable bonds is 7. The molecule has 7 nitrogen and oxygen atoms in total. The SMILES string of the molecule is O=C(CNC1CCCCC1)Nc1ccccc1C(=O)NCc1cccc2cn[nH]c12. The average molecular weight is 406 g/mol. The molecule has 0 aliphatic heterocycles. The molecule has 7 heteroatoms. The molecule has 1 fully saturated rings. The summed E-state index contributed by atoms with van der Waals surface area (Å²) in [4.78, 5) is 25.2. The number of anilines is 1. The smallest absolute Gasteiger partial charge is 0.253 e. The topological polar surface area (TPSA) is 98.9 Å². The van der Waals surface area contributed by atoms with Crippen LogP contribution in [0.5, 0.6) is 0 Å². The van der Waals surface area contributed by atoms with E-state index in [9.17, 15) is 9.59 Å². The zero-order valence-electron chi connectivity index (χ0n) is 16.9. The van der Waals surface area contributed by atoms with E-state index >= 15 is 0 Å². The molecule has 0 saturated heterocycles. The van der Waals surface area contributed by atoms with Crippen molar-refractivity contribution < 1.29 is 9.59 Å². The Morgan fingerprint density at radius 3 is 2.73 bits per heavy atom. The lowest BCUT2D eigenvalue weighted by Crippen LogP contribution is -2.37. The van der Waals surface area contributed by atoms with Crippen LogP contribution in [-0.4, -0.2) is 34.6 Å². The summed E-state index contributed by atoms with van der Waals surface area (Å²) in [5, 5.41) is 17.2. The van der Waals surface area contributed by atoms with Gasteiger partial charge < -0.3 is 16.0 Å². The number of fused-ring (bicyclic) bond motifs is 1. The molecule has 2 amide bonds. The minimum absolute atomic E-state index is 0.136. The maximum atomic E-state index is 12.8. The summed E-state index contributed by atoms with van der Waals surface area (Å²) in [6.45, 7) is 0.617. The van der Waals surface area contributed by atoms with Gasteiger partial charge in [0, 0.05) is 18.0 Å². The molecule has 2 aromatic carbocycles. The Morgan fingerprint density at radius 2 is 1.87 bits per heavy atom.